The molecule has 2 fully saturated rings. The number of halogens is 1. The van der Waals surface area contributed by atoms with Crippen LogP contribution in [0.5, 0.6) is 0 Å². The highest BCUT2D eigenvalue weighted by Crippen LogP contribution is 2.38. The molecule has 2 bridgehead atoms. The molecule has 2 aliphatic rings. The van der Waals surface area contributed by atoms with E-state index in [1.165, 1.54) is 11.3 Å². The number of hydrogen-bond acceptors (Lipinski definition) is 4. The smallest absolute Gasteiger partial charge is 0.244 e. The quantitative estimate of drug-likeness (QED) is 0.881. The predicted octanol–water partition coefficient (Wildman–Crippen LogP) is 3.38. The van der Waals surface area contributed by atoms with Gasteiger partial charge in [-0.3, -0.25) is 0 Å². The lowest BCUT2D eigenvalue weighted by Gasteiger charge is -2.24. The minimum atomic E-state index is -3.49. The summed E-state index contributed by atoms with van der Waals surface area (Å²) < 4.78 is 29.2. The van der Waals surface area contributed by atoms with Crippen LogP contribution in [0.2, 0.25) is 5.02 Å². The first-order valence-electron chi connectivity index (χ1n) is 7.90. The fourth-order valence-electron chi connectivity index (χ4n) is 3.75. The summed E-state index contributed by atoms with van der Waals surface area (Å²) in [6.45, 7) is 3.04. The van der Waals surface area contributed by atoms with Crippen molar-refractivity contribution < 1.29 is 8.42 Å². The summed E-state index contributed by atoms with van der Waals surface area (Å²) in [5, 5.41) is 4.86. The number of nitrogens with zero attached hydrogens (tertiary/aromatic N) is 1. The topological polar surface area (TPSA) is 49.4 Å². The Morgan fingerprint density at radius 3 is 2.87 bits per heavy atom. The summed E-state index contributed by atoms with van der Waals surface area (Å²) >= 11 is 7.62. The molecule has 124 valence electrons. The summed E-state index contributed by atoms with van der Waals surface area (Å²) in [4.78, 5) is 1.28. The first kappa shape index (κ1) is 15.8. The molecule has 7 heteroatoms. The summed E-state index contributed by atoms with van der Waals surface area (Å²) in [6.07, 6.45) is 3.11. The van der Waals surface area contributed by atoms with Gasteiger partial charge in [0.05, 0.1) is 0 Å². The van der Waals surface area contributed by atoms with Crippen molar-refractivity contribution in [1.29, 1.82) is 0 Å². The zero-order valence-corrected chi connectivity index (χ0v) is 15.3. The van der Waals surface area contributed by atoms with Crippen molar-refractivity contribution in [3.05, 3.63) is 28.1 Å². The molecule has 2 unspecified atom stereocenters. The van der Waals surface area contributed by atoms with Gasteiger partial charge in [0, 0.05) is 45.2 Å². The largest absolute Gasteiger partial charge is 0.310 e. The molecule has 4 rings (SSSR count). The Morgan fingerprint density at radius 2 is 2.04 bits per heavy atom. The minimum absolute atomic E-state index is 0.283. The van der Waals surface area contributed by atoms with E-state index >= 15 is 0 Å². The second-order valence-electron chi connectivity index (χ2n) is 6.42. The van der Waals surface area contributed by atoms with Gasteiger partial charge in [-0.1, -0.05) is 11.6 Å². The number of thiophene rings is 1. The Labute approximate surface area is 145 Å². The summed E-state index contributed by atoms with van der Waals surface area (Å²) in [5.41, 5.74) is 0. The lowest BCUT2D eigenvalue weighted by molar-refractivity contribution is 0.383. The third-order valence-corrected chi connectivity index (χ3v) is 8.36. The van der Waals surface area contributed by atoms with Gasteiger partial charge in [0.1, 0.15) is 4.90 Å². The SMILES string of the molecule is Cc1sc2ccc(Cl)cc2c1S(=O)(=O)N1CCC2CCC(C1)N2. The molecule has 23 heavy (non-hydrogen) atoms. The highest BCUT2D eigenvalue weighted by atomic mass is 35.5. The average Bonchev–Trinajstić information content (AvgIpc) is 2.97. The maximum atomic E-state index is 13.3. The van der Waals surface area contributed by atoms with Crippen LogP contribution in [-0.4, -0.2) is 37.9 Å². The highest BCUT2D eigenvalue weighted by molar-refractivity contribution is 7.89. The third kappa shape index (κ3) is 2.70. The second-order valence-corrected chi connectivity index (χ2v) is 9.98. The van der Waals surface area contributed by atoms with Crippen molar-refractivity contribution in [2.75, 3.05) is 13.1 Å². The molecule has 4 nitrogen and oxygen atoms in total. The maximum Gasteiger partial charge on any atom is 0.244 e. The Morgan fingerprint density at radius 1 is 1.26 bits per heavy atom. The third-order valence-electron chi connectivity index (χ3n) is 4.85. The van der Waals surface area contributed by atoms with Gasteiger partial charge in [-0.2, -0.15) is 4.31 Å². The van der Waals surface area contributed by atoms with Crippen molar-refractivity contribution in [3.63, 3.8) is 0 Å². The van der Waals surface area contributed by atoms with Crippen LogP contribution in [0.15, 0.2) is 23.1 Å². The van der Waals surface area contributed by atoms with Crippen LogP contribution in [0.1, 0.15) is 24.1 Å². The molecular weight excluding hydrogens is 352 g/mol. The first-order valence-corrected chi connectivity index (χ1v) is 10.5. The molecule has 2 saturated heterocycles. The molecule has 2 aromatic rings. The van der Waals surface area contributed by atoms with E-state index in [-0.39, 0.29) is 6.04 Å². The number of aryl methyl sites for hydroxylation is 1. The van der Waals surface area contributed by atoms with Gasteiger partial charge in [-0.05, 0) is 44.4 Å². The van der Waals surface area contributed by atoms with Gasteiger partial charge in [-0.25, -0.2) is 8.42 Å². The lowest BCUT2D eigenvalue weighted by atomic mass is 10.1. The van der Waals surface area contributed by atoms with Crippen LogP contribution >= 0.6 is 22.9 Å². The van der Waals surface area contributed by atoms with E-state index in [4.69, 9.17) is 11.6 Å². The van der Waals surface area contributed by atoms with E-state index in [2.05, 4.69) is 5.32 Å². The second kappa shape index (κ2) is 5.70. The number of fused-ring (bicyclic) bond motifs is 3. The molecule has 0 aliphatic carbocycles. The van der Waals surface area contributed by atoms with Gasteiger partial charge >= 0.3 is 0 Å². The monoisotopic (exact) mass is 370 g/mol. The molecule has 0 spiro atoms. The zero-order chi connectivity index (χ0) is 16.2. The average molecular weight is 371 g/mol. The fraction of sp³-hybridized carbons (Fsp3) is 0.500. The molecule has 0 saturated carbocycles. The van der Waals surface area contributed by atoms with E-state index in [1.807, 2.05) is 19.1 Å². The minimum Gasteiger partial charge on any atom is -0.310 e. The molecule has 0 amide bonds. The van der Waals surface area contributed by atoms with Crippen molar-refractivity contribution >= 4 is 43.0 Å². The molecule has 1 aromatic carbocycles. The van der Waals surface area contributed by atoms with Crippen LogP contribution in [0.4, 0.5) is 0 Å². The molecule has 2 atom stereocenters. The van der Waals surface area contributed by atoms with Crippen molar-refractivity contribution in [2.45, 2.75) is 43.2 Å². The van der Waals surface area contributed by atoms with E-state index in [1.54, 1.807) is 10.4 Å². The standard InChI is InChI=1S/C16H19ClN2O2S2/c1-10-16(14-8-11(17)2-5-15(14)22-10)23(20,21)19-7-6-12-3-4-13(9-19)18-12/h2,5,8,12-13,18H,3-4,6-7,9H2,1H3. The summed E-state index contributed by atoms with van der Waals surface area (Å²) in [6, 6.07) is 6.24. The van der Waals surface area contributed by atoms with Crippen molar-refractivity contribution in [3.8, 4) is 0 Å². The summed E-state index contributed by atoms with van der Waals surface area (Å²) in [5.74, 6) is 0. The number of sulfonamides is 1. The van der Waals surface area contributed by atoms with E-state index in [9.17, 15) is 8.42 Å². The molecular formula is C16H19ClN2O2S2. The van der Waals surface area contributed by atoms with Crippen molar-refractivity contribution in [2.24, 2.45) is 0 Å². The molecule has 1 aromatic heterocycles. The fourth-order valence-corrected chi connectivity index (χ4v) is 7.16. The van der Waals surface area contributed by atoms with Gasteiger partial charge in [0.2, 0.25) is 10.0 Å². The van der Waals surface area contributed by atoms with Crippen LogP contribution in [0.25, 0.3) is 10.1 Å². The van der Waals surface area contributed by atoms with Gasteiger partial charge in [0.15, 0.2) is 0 Å². The molecule has 3 heterocycles. The first-order chi connectivity index (χ1) is 10.9. The Balaban J connectivity index is 1.79. The predicted molar refractivity (Wildman–Crippen MR) is 94.9 cm³/mol. The van der Waals surface area contributed by atoms with Crippen molar-refractivity contribution in [1.82, 2.24) is 9.62 Å². The Bertz CT molecular complexity index is 862. The zero-order valence-electron chi connectivity index (χ0n) is 12.9. The molecule has 2 aliphatic heterocycles. The number of rotatable bonds is 2. The molecule has 0 radical (unpaired) electrons. The van der Waals surface area contributed by atoms with Gasteiger partial charge < -0.3 is 5.32 Å². The van der Waals surface area contributed by atoms with Crippen LogP contribution < -0.4 is 5.32 Å². The Kier molecular flexibility index (Phi) is 3.93. The van der Waals surface area contributed by atoms with Gasteiger partial charge in [0.25, 0.3) is 0 Å². The van der Waals surface area contributed by atoms with E-state index < -0.39 is 10.0 Å². The van der Waals surface area contributed by atoms with Crippen LogP contribution in [0, 0.1) is 6.92 Å². The number of nitrogens with one attached hydrogen (secondary N) is 1. The van der Waals surface area contributed by atoms with Crippen LogP contribution in [-0.2, 0) is 10.0 Å². The van der Waals surface area contributed by atoms with Gasteiger partial charge in [-0.15, -0.1) is 11.3 Å². The maximum absolute atomic E-state index is 13.3. The number of benzene rings is 1. The normalized spacial score (nSPS) is 25.8. The van der Waals surface area contributed by atoms with E-state index in [0.717, 1.165) is 34.2 Å². The van der Waals surface area contributed by atoms with Crippen LogP contribution in [0.3, 0.4) is 0 Å². The summed E-state index contributed by atoms with van der Waals surface area (Å²) in [7, 11) is -3.49. The highest BCUT2D eigenvalue weighted by Gasteiger charge is 2.36. The number of hydrogen-bond donors (Lipinski definition) is 1. The van der Waals surface area contributed by atoms with E-state index in [0.29, 0.717) is 29.0 Å². The lowest BCUT2D eigenvalue weighted by Crippen LogP contribution is -2.39. The molecule has 1 N–H and O–H groups in total. The Hall–Kier alpha value is -0.660.